The number of nitrogens with one attached hydrogen (secondary N) is 1. The van der Waals surface area contributed by atoms with E-state index < -0.39 is 12.2 Å². The van der Waals surface area contributed by atoms with Crippen molar-refractivity contribution < 1.29 is 14.3 Å². The Morgan fingerprint density at radius 2 is 1.57 bits per heavy atom. The molecule has 0 radical (unpaired) electrons. The molecule has 1 atom stereocenters. The second-order valence-electron chi connectivity index (χ2n) is 8.92. The lowest BCUT2D eigenvalue weighted by Gasteiger charge is -2.14. The number of nitrogens with zero attached hydrogens (tertiary/aromatic N) is 3. The van der Waals surface area contributed by atoms with Crippen molar-refractivity contribution in [2.45, 2.75) is 31.3 Å². The second kappa shape index (κ2) is 9.18. The Hall–Kier alpha value is -4.26. The van der Waals surface area contributed by atoms with Gasteiger partial charge in [0, 0.05) is 12.6 Å². The number of anilines is 1. The molecule has 1 heterocycles. The monoisotopic (exact) mass is 466 g/mol. The first-order valence-corrected chi connectivity index (χ1v) is 11.6. The number of hydrogen-bond acceptors (Lipinski definition) is 5. The molecule has 7 heteroatoms. The number of amides is 1. The quantitative estimate of drug-likeness (QED) is 0.354. The van der Waals surface area contributed by atoms with E-state index in [1.807, 2.05) is 85.8 Å². The Bertz CT molecular complexity index is 1340. The zero-order chi connectivity index (χ0) is 24.4. The SMILES string of the molecule is C[C@@H](OC(=O)Nc1c(-c2ccc(-c3ccc(C4(C=O)CC4)cc3)cc2)nnn1C)c1ccccc1. The molecule has 4 aromatic rings. The first kappa shape index (κ1) is 22.5. The van der Waals surface area contributed by atoms with Gasteiger partial charge < -0.3 is 9.53 Å². The average Bonchev–Trinajstić information content (AvgIpc) is 3.62. The Balaban J connectivity index is 1.30. The molecule has 176 valence electrons. The molecule has 1 amide bonds. The van der Waals surface area contributed by atoms with Crippen LogP contribution in [0.3, 0.4) is 0 Å². The van der Waals surface area contributed by atoms with Gasteiger partial charge in [-0.25, -0.2) is 9.48 Å². The van der Waals surface area contributed by atoms with Crippen LogP contribution < -0.4 is 5.32 Å². The standard InChI is InChI=1S/C28H26N4O3/c1-19(20-6-4-3-5-7-20)35-27(34)29-26-25(30-31-32(26)2)23-10-8-21(9-11-23)22-12-14-24(15-13-22)28(18-33)16-17-28/h3-15,18-19H,16-17H2,1-2H3,(H,29,34)/t19-/m1/s1. The van der Waals surface area contributed by atoms with Crippen LogP contribution in [0.4, 0.5) is 10.6 Å². The van der Waals surface area contributed by atoms with Gasteiger partial charge in [-0.2, -0.15) is 0 Å². The molecule has 35 heavy (non-hydrogen) atoms. The van der Waals surface area contributed by atoms with E-state index in [0.29, 0.717) is 11.5 Å². The summed E-state index contributed by atoms with van der Waals surface area (Å²) in [6.45, 7) is 1.83. The van der Waals surface area contributed by atoms with Crippen LogP contribution in [0.2, 0.25) is 0 Å². The molecule has 0 saturated heterocycles. The van der Waals surface area contributed by atoms with Gasteiger partial charge in [-0.15, -0.1) is 5.10 Å². The van der Waals surface area contributed by atoms with Crippen molar-refractivity contribution in [2.75, 3.05) is 5.32 Å². The predicted octanol–water partition coefficient (Wildman–Crippen LogP) is 5.69. The van der Waals surface area contributed by atoms with Gasteiger partial charge in [0.25, 0.3) is 0 Å². The fourth-order valence-electron chi connectivity index (χ4n) is 4.19. The molecule has 0 aliphatic heterocycles. The summed E-state index contributed by atoms with van der Waals surface area (Å²) in [5.41, 5.74) is 5.22. The van der Waals surface area contributed by atoms with Crippen molar-refractivity contribution in [3.8, 4) is 22.4 Å². The minimum absolute atomic E-state index is 0.266. The maximum absolute atomic E-state index is 12.6. The minimum atomic E-state index is -0.575. The molecule has 0 spiro atoms. The first-order chi connectivity index (χ1) is 17.0. The maximum Gasteiger partial charge on any atom is 0.413 e. The van der Waals surface area contributed by atoms with E-state index in [9.17, 15) is 9.59 Å². The van der Waals surface area contributed by atoms with Crippen molar-refractivity contribution in [3.63, 3.8) is 0 Å². The number of carbonyl (C=O) groups is 2. The molecule has 1 saturated carbocycles. The molecule has 1 aromatic heterocycles. The number of benzene rings is 3. The molecule has 1 aliphatic carbocycles. The summed E-state index contributed by atoms with van der Waals surface area (Å²) in [5.74, 6) is 0.455. The summed E-state index contributed by atoms with van der Waals surface area (Å²) in [5, 5.41) is 11.1. The lowest BCUT2D eigenvalue weighted by atomic mass is 9.94. The highest BCUT2D eigenvalue weighted by atomic mass is 16.6. The van der Waals surface area contributed by atoms with Gasteiger partial charge in [-0.3, -0.25) is 5.32 Å². The van der Waals surface area contributed by atoms with Crippen LogP contribution in [0, 0.1) is 0 Å². The molecule has 1 fully saturated rings. The zero-order valence-electron chi connectivity index (χ0n) is 19.6. The lowest BCUT2D eigenvalue weighted by molar-refractivity contribution is -0.109. The Morgan fingerprint density at radius 3 is 2.17 bits per heavy atom. The van der Waals surface area contributed by atoms with Gasteiger partial charge in [-0.1, -0.05) is 84.1 Å². The van der Waals surface area contributed by atoms with Gasteiger partial charge >= 0.3 is 6.09 Å². The highest BCUT2D eigenvalue weighted by molar-refractivity contribution is 5.89. The van der Waals surface area contributed by atoms with Crippen LogP contribution in [-0.2, 0) is 22.0 Å². The number of rotatable bonds is 7. The van der Waals surface area contributed by atoms with Crippen LogP contribution >= 0.6 is 0 Å². The van der Waals surface area contributed by atoms with Gasteiger partial charge in [0.2, 0.25) is 0 Å². The van der Waals surface area contributed by atoms with E-state index in [4.69, 9.17) is 4.74 Å². The van der Waals surface area contributed by atoms with Crippen molar-refractivity contribution in [3.05, 3.63) is 90.0 Å². The van der Waals surface area contributed by atoms with Crippen LogP contribution in [0.15, 0.2) is 78.9 Å². The number of aryl methyl sites for hydroxylation is 1. The van der Waals surface area contributed by atoms with Crippen molar-refractivity contribution in [1.82, 2.24) is 15.0 Å². The van der Waals surface area contributed by atoms with Gasteiger partial charge in [0.1, 0.15) is 18.1 Å². The lowest BCUT2D eigenvalue weighted by Crippen LogP contribution is -2.18. The largest absolute Gasteiger partial charge is 0.441 e. The molecule has 1 N–H and O–H groups in total. The summed E-state index contributed by atoms with van der Waals surface area (Å²) in [4.78, 5) is 24.0. The average molecular weight is 467 g/mol. The van der Waals surface area contributed by atoms with Crippen LogP contribution in [0.25, 0.3) is 22.4 Å². The van der Waals surface area contributed by atoms with Gasteiger partial charge in [0.05, 0.1) is 5.41 Å². The summed E-state index contributed by atoms with van der Waals surface area (Å²) in [6, 6.07) is 25.6. The summed E-state index contributed by atoms with van der Waals surface area (Å²) in [7, 11) is 1.72. The second-order valence-corrected chi connectivity index (χ2v) is 8.92. The van der Waals surface area contributed by atoms with Crippen molar-refractivity contribution in [1.29, 1.82) is 0 Å². The maximum atomic E-state index is 12.6. The fraction of sp³-hybridized carbons (Fsp3) is 0.214. The molecule has 0 unspecified atom stereocenters. The van der Waals surface area contributed by atoms with Crippen LogP contribution in [0.1, 0.15) is 37.0 Å². The molecule has 5 rings (SSSR count). The molecule has 1 aliphatic rings. The van der Waals surface area contributed by atoms with E-state index >= 15 is 0 Å². The highest BCUT2D eigenvalue weighted by Gasteiger charge is 2.44. The molecule has 7 nitrogen and oxygen atoms in total. The summed E-state index contributed by atoms with van der Waals surface area (Å²) >= 11 is 0. The Labute approximate surface area is 203 Å². The number of aromatic nitrogens is 3. The molecule has 3 aromatic carbocycles. The number of aldehydes is 1. The third-order valence-corrected chi connectivity index (χ3v) is 6.57. The Kier molecular flexibility index (Phi) is 5.91. The number of hydrogen-bond donors (Lipinski definition) is 1. The third-order valence-electron chi connectivity index (χ3n) is 6.57. The third kappa shape index (κ3) is 4.57. The first-order valence-electron chi connectivity index (χ1n) is 11.6. The Morgan fingerprint density at radius 1 is 0.971 bits per heavy atom. The number of ether oxygens (including phenoxy) is 1. The van der Waals surface area contributed by atoms with E-state index in [1.54, 1.807) is 7.05 Å². The van der Waals surface area contributed by atoms with Crippen molar-refractivity contribution in [2.24, 2.45) is 7.05 Å². The summed E-state index contributed by atoms with van der Waals surface area (Å²) in [6.07, 6.45) is 1.96. The predicted molar refractivity (Wildman–Crippen MR) is 134 cm³/mol. The molecular weight excluding hydrogens is 440 g/mol. The van der Waals surface area contributed by atoms with E-state index in [2.05, 4.69) is 15.6 Å². The smallest absolute Gasteiger partial charge is 0.413 e. The van der Waals surface area contributed by atoms with Gasteiger partial charge in [0.15, 0.2) is 5.82 Å². The van der Waals surface area contributed by atoms with Crippen molar-refractivity contribution >= 4 is 18.2 Å². The van der Waals surface area contributed by atoms with E-state index in [0.717, 1.165) is 46.9 Å². The van der Waals surface area contributed by atoms with E-state index in [1.165, 1.54) is 4.68 Å². The molecular formula is C28H26N4O3. The summed E-state index contributed by atoms with van der Waals surface area (Å²) < 4.78 is 7.05. The highest BCUT2D eigenvalue weighted by Crippen LogP contribution is 2.46. The van der Waals surface area contributed by atoms with Crippen LogP contribution in [-0.4, -0.2) is 27.4 Å². The number of carbonyl (C=O) groups excluding carboxylic acids is 2. The fourth-order valence-corrected chi connectivity index (χ4v) is 4.19. The zero-order valence-corrected chi connectivity index (χ0v) is 19.6. The van der Waals surface area contributed by atoms with E-state index in [-0.39, 0.29) is 5.41 Å². The topological polar surface area (TPSA) is 86.1 Å². The normalized spacial score (nSPS) is 14.7. The van der Waals surface area contributed by atoms with Crippen LogP contribution in [0.5, 0.6) is 0 Å². The minimum Gasteiger partial charge on any atom is -0.441 e. The molecule has 0 bridgehead atoms. The van der Waals surface area contributed by atoms with Gasteiger partial charge in [-0.05, 0) is 42.0 Å².